The summed E-state index contributed by atoms with van der Waals surface area (Å²) in [7, 11) is 0. The summed E-state index contributed by atoms with van der Waals surface area (Å²) in [4.78, 5) is -3.97. The first-order valence-electron chi connectivity index (χ1n) is 2.98. The van der Waals surface area contributed by atoms with E-state index >= 15 is 0 Å². The normalized spacial score (nSPS) is 12.6. The number of hydrogen-bond donors (Lipinski definition) is 0. The fourth-order valence-corrected chi connectivity index (χ4v) is 2.13. The molecule has 1 aromatic carbocycles. The topological polar surface area (TPSA) is 0 Å². The number of alkyl halides is 3. The van der Waals surface area contributed by atoms with Crippen molar-refractivity contribution < 1.29 is 13.2 Å². The molecule has 0 nitrogen and oxygen atoms in total. The molecular weight excluding hydrogens is 216 g/mol. The van der Waals surface area contributed by atoms with Gasteiger partial charge in [-0.15, -0.1) is 0 Å². The second-order valence-electron chi connectivity index (χ2n) is 1.99. The average Bonchev–Trinajstić information content (AvgIpc) is 1.85. The first-order chi connectivity index (χ1) is 5.08. The van der Waals surface area contributed by atoms with Gasteiger partial charge in [0.25, 0.3) is 0 Å². The molecule has 1 rings (SSSR count). The Morgan fingerprint density at radius 2 is 1.55 bits per heavy atom. The maximum absolute atomic E-state index is 11.8. The minimum absolute atomic E-state index is 0.431. The Morgan fingerprint density at radius 1 is 1.00 bits per heavy atom. The van der Waals surface area contributed by atoms with Crippen LogP contribution >= 0.6 is 0 Å². The second-order valence-corrected chi connectivity index (χ2v) is 4.91. The standard InChI is InChI=1S/C7H6AsF3/c9-7(10,11)8-6-4-2-1-3-5-6/h1-5,8H. The third-order valence-electron chi connectivity index (χ3n) is 1.06. The number of hydrogen-bond acceptors (Lipinski definition) is 0. The molecule has 0 radical (unpaired) electrons. The molecule has 0 heterocycles. The van der Waals surface area contributed by atoms with Crippen molar-refractivity contribution >= 4 is 20.1 Å². The Labute approximate surface area is 69.1 Å². The van der Waals surface area contributed by atoms with Crippen LogP contribution in [0.1, 0.15) is 0 Å². The Bertz CT molecular complexity index is 217. The van der Waals surface area contributed by atoms with Crippen LogP contribution in [-0.4, -0.2) is 20.7 Å². The van der Waals surface area contributed by atoms with Gasteiger partial charge in [0, 0.05) is 0 Å². The SMILES string of the molecule is FC(F)(F)[AsH]c1ccccc1. The number of halogens is 3. The summed E-state index contributed by atoms with van der Waals surface area (Å²) in [6.07, 6.45) is 0. The van der Waals surface area contributed by atoms with E-state index in [1.54, 1.807) is 18.2 Å². The molecule has 0 aromatic heterocycles. The van der Waals surface area contributed by atoms with Crippen molar-refractivity contribution in [2.45, 2.75) is 4.96 Å². The van der Waals surface area contributed by atoms with Gasteiger partial charge in [-0.2, -0.15) is 0 Å². The summed E-state index contributed by atoms with van der Waals surface area (Å²) in [5.74, 6) is 0. The fourth-order valence-electron chi connectivity index (χ4n) is 0.685. The van der Waals surface area contributed by atoms with E-state index in [2.05, 4.69) is 0 Å². The van der Waals surface area contributed by atoms with Crippen LogP contribution in [0.15, 0.2) is 30.3 Å². The Morgan fingerprint density at radius 3 is 2.00 bits per heavy atom. The van der Waals surface area contributed by atoms with E-state index in [0.717, 1.165) is 0 Å². The summed E-state index contributed by atoms with van der Waals surface area (Å²) in [5, 5.41) is 0. The maximum atomic E-state index is 11.8. The molecule has 0 aliphatic heterocycles. The number of rotatable bonds is 1. The molecule has 0 aliphatic rings. The van der Waals surface area contributed by atoms with Crippen LogP contribution in [0.4, 0.5) is 13.2 Å². The van der Waals surface area contributed by atoms with Crippen molar-refractivity contribution in [2.24, 2.45) is 0 Å². The Kier molecular flexibility index (Phi) is 2.61. The van der Waals surface area contributed by atoms with Gasteiger partial charge in [0.15, 0.2) is 0 Å². The van der Waals surface area contributed by atoms with Crippen molar-refractivity contribution in [3.8, 4) is 0 Å². The summed E-state index contributed by atoms with van der Waals surface area (Å²) < 4.78 is 35.8. The molecule has 1 atom stereocenters. The van der Waals surface area contributed by atoms with Gasteiger partial charge in [0.05, 0.1) is 0 Å². The monoisotopic (exact) mass is 222 g/mol. The van der Waals surface area contributed by atoms with Crippen molar-refractivity contribution in [3.63, 3.8) is 0 Å². The van der Waals surface area contributed by atoms with Gasteiger partial charge in [-0.25, -0.2) is 0 Å². The predicted octanol–water partition coefficient (Wildman–Crippen LogP) is 1.27. The van der Waals surface area contributed by atoms with Gasteiger partial charge in [-0.05, 0) is 0 Å². The molecule has 11 heavy (non-hydrogen) atoms. The first-order valence-corrected chi connectivity index (χ1v) is 5.08. The summed E-state index contributed by atoms with van der Waals surface area (Å²) in [5.41, 5.74) is 0. The molecule has 0 bridgehead atoms. The van der Waals surface area contributed by atoms with Gasteiger partial charge >= 0.3 is 68.6 Å². The summed E-state index contributed by atoms with van der Waals surface area (Å²) in [6.45, 7) is 0. The van der Waals surface area contributed by atoms with Crippen LogP contribution in [0.3, 0.4) is 0 Å². The predicted molar refractivity (Wildman–Crippen MR) is 39.3 cm³/mol. The van der Waals surface area contributed by atoms with Crippen molar-refractivity contribution in [1.82, 2.24) is 0 Å². The van der Waals surface area contributed by atoms with Crippen LogP contribution < -0.4 is 4.35 Å². The van der Waals surface area contributed by atoms with Gasteiger partial charge in [0.2, 0.25) is 0 Å². The third-order valence-corrected chi connectivity index (χ3v) is 2.96. The van der Waals surface area contributed by atoms with Crippen LogP contribution in [0.5, 0.6) is 0 Å². The Balaban J connectivity index is 2.66. The molecule has 4 heteroatoms. The molecule has 0 saturated heterocycles. The zero-order valence-corrected chi connectivity index (χ0v) is 7.62. The molecule has 1 unspecified atom stereocenters. The average molecular weight is 222 g/mol. The molecule has 0 saturated carbocycles. The molecule has 0 amide bonds. The molecule has 0 aliphatic carbocycles. The van der Waals surface area contributed by atoms with Crippen LogP contribution in [0.25, 0.3) is 0 Å². The molecule has 0 fully saturated rings. The molecule has 60 valence electrons. The number of benzene rings is 1. The van der Waals surface area contributed by atoms with E-state index in [4.69, 9.17) is 0 Å². The van der Waals surface area contributed by atoms with Crippen LogP contribution in [0.2, 0.25) is 0 Å². The van der Waals surface area contributed by atoms with Crippen molar-refractivity contribution in [1.29, 1.82) is 0 Å². The van der Waals surface area contributed by atoms with Crippen molar-refractivity contribution in [3.05, 3.63) is 30.3 Å². The van der Waals surface area contributed by atoms with E-state index in [1.807, 2.05) is 0 Å². The van der Waals surface area contributed by atoms with E-state index in [1.165, 1.54) is 12.1 Å². The fraction of sp³-hybridized carbons (Fsp3) is 0.143. The molecule has 1 aromatic rings. The Hall–Kier alpha value is -0.432. The van der Waals surface area contributed by atoms with E-state index in [0.29, 0.717) is 4.35 Å². The minimum atomic E-state index is -3.97. The third kappa shape index (κ3) is 3.47. The zero-order chi connectivity index (χ0) is 8.32. The van der Waals surface area contributed by atoms with E-state index in [9.17, 15) is 13.2 Å². The quantitative estimate of drug-likeness (QED) is 0.627. The van der Waals surface area contributed by atoms with E-state index in [-0.39, 0.29) is 0 Å². The molecule has 0 N–H and O–H groups in total. The molecular formula is C7H6AsF3. The van der Waals surface area contributed by atoms with E-state index < -0.39 is 20.7 Å². The zero-order valence-electron chi connectivity index (χ0n) is 5.52. The summed E-state index contributed by atoms with van der Waals surface area (Å²) in [6, 6.07) is 8.02. The van der Waals surface area contributed by atoms with Crippen LogP contribution in [0, 0.1) is 0 Å². The van der Waals surface area contributed by atoms with Gasteiger partial charge in [-0.1, -0.05) is 0 Å². The molecule has 0 spiro atoms. The van der Waals surface area contributed by atoms with Gasteiger partial charge in [0.1, 0.15) is 0 Å². The van der Waals surface area contributed by atoms with Gasteiger partial charge < -0.3 is 0 Å². The van der Waals surface area contributed by atoms with Gasteiger partial charge in [-0.3, -0.25) is 0 Å². The summed E-state index contributed by atoms with van der Waals surface area (Å²) >= 11 is -1.95. The first kappa shape index (κ1) is 8.66. The second kappa shape index (κ2) is 3.31. The van der Waals surface area contributed by atoms with Crippen LogP contribution in [-0.2, 0) is 0 Å². The van der Waals surface area contributed by atoms with Crippen molar-refractivity contribution in [2.75, 3.05) is 0 Å².